The molecule has 1 aromatic carbocycles. The Morgan fingerprint density at radius 1 is 1.41 bits per heavy atom. The van der Waals surface area contributed by atoms with Crippen molar-refractivity contribution in [1.29, 1.82) is 0 Å². The van der Waals surface area contributed by atoms with Crippen LogP contribution in [-0.4, -0.2) is 36.1 Å². The van der Waals surface area contributed by atoms with Gasteiger partial charge < -0.3 is 9.64 Å². The van der Waals surface area contributed by atoms with Crippen molar-refractivity contribution in [2.45, 2.75) is 32.4 Å². The average Bonchev–Trinajstić information content (AvgIpc) is 2.39. The Morgan fingerprint density at radius 3 is 2.76 bits per heavy atom. The largest absolute Gasteiger partial charge is 0.375 e. The van der Waals surface area contributed by atoms with E-state index < -0.39 is 0 Å². The molecule has 0 bridgehead atoms. The highest BCUT2D eigenvalue weighted by atomic mass is 16.5. The highest BCUT2D eigenvalue weighted by Gasteiger charge is 2.29. The van der Waals surface area contributed by atoms with E-state index >= 15 is 0 Å². The molecule has 0 radical (unpaired) electrons. The van der Waals surface area contributed by atoms with Crippen LogP contribution in [0.2, 0.25) is 0 Å². The summed E-state index contributed by atoms with van der Waals surface area (Å²) in [5.41, 5.74) is 0.764. The van der Waals surface area contributed by atoms with Crippen LogP contribution in [0, 0.1) is 0 Å². The number of rotatable bonds is 2. The first-order valence-electron chi connectivity index (χ1n) is 6.20. The van der Waals surface area contributed by atoms with Gasteiger partial charge in [-0.3, -0.25) is 4.79 Å². The van der Waals surface area contributed by atoms with E-state index in [1.807, 2.05) is 42.2 Å². The predicted molar refractivity (Wildman–Crippen MR) is 67.0 cm³/mol. The molecule has 1 amide bonds. The lowest BCUT2D eigenvalue weighted by Crippen LogP contribution is -2.51. The highest BCUT2D eigenvalue weighted by molar-refractivity contribution is 5.94. The van der Waals surface area contributed by atoms with Gasteiger partial charge in [0.2, 0.25) is 0 Å². The number of nitrogens with zero attached hydrogens (tertiary/aromatic N) is 1. The Kier molecular flexibility index (Phi) is 3.79. The van der Waals surface area contributed by atoms with E-state index in [9.17, 15) is 4.79 Å². The number of hydrogen-bond donors (Lipinski definition) is 0. The maximum atomic E-state index is 12.4. The zero-order valence-corrected chi connectivity index (χ0v) is 10.4. The van der Waals surface area contributed by atoms with Gasteiger partial charge in [-0.15, -0.1) is 0 Å². The van der Waals surface area contributed by atoms with Gasteiger partial charge in [-0.05, 0) is 25.5 Å². The fourth-order valence-electron chi connectivity index (χ4n) is 2.18. The molecule has 0 spiro atoms. The maximum absolute atomic E-state index is 12.4. The van der Waals surface area contributed by atoms with E-state index in [-0.39, 0.29) is 18.1 Å². The van der Waals surface area contributed by atoms with Gasteiger partial charge in [0.1, 0.15) is 0 Å². The molecular weight excluding hydrogens is 214 g/mol. The molecule has 1 aliphatic heterocycles. The molecule has 0 N–H and O–H groups in total. The summed E-state index contributed by atoms with van der Waals surface area (Å²) in [7, 11) is 0. The molecule has 2 rings (SSSR count). The van der Waals surface area contributed by atoms with Crippen molar-refractivity contribution in [3.63, 3.8) is 0 Å². The number of carbonyl (C=O) groups is 1. The Balaban J connectivity index is 2.16. The van der Waals surface area contributed by atoms with Crippen LogP contribution in [-0.2, 0) is 4.74 Å². The van der Waals surface area contributed by atoms with Gasteiger partial charge in [0.05, 0.1) is 18.8 Å². The third-order valence-corrected chi connectivity index (χ3v) is 3.22. The average molecular weight is 233 g/mol. The minimum atomic E-state index is 0.118. The van der Waals surface area contributed by atoms with Gasteiger partial charge >= 0.3 is 0 Å². The van der Waals surface area contributed by atoms with E-state index in [0.717, 1.165) is 12.0 Å². The molecule has 0 saturated carbocycles. The summed E-state index contributed by atoms with van der Waals surface area (Å²) in [6.07, 6.45) is 1.07. The number of morpholine rings is 1. The van der Waals surface area contributed by atoms with Crippen molar-refractivity contribution < 1.29 is 9.53 Å². The molecule has 1 saturated heterocycles. The summed E-state index contributed by atoms with van der Waals surface area (Å²) in [6, 6.07) is 9.68. The Hall–Kier alpha value is -1.35. The zero-order valence-electron chi connectivity index (χ0n) is 10.4. The van der Waals surface area contributed by atoms with Crippen LogP contribution < -0.4 is 0 Å². The monoisotopic (exact) mass is 233 g/mol. The molecule has 1 aliphatic rings. The summed E-state index contributed by atoms with van der Waals surface area (Å²) in [4.78, 5) is 14.3. The van der Waals surface area contributed by atoms with Crippen LogP contribution in [0.15, 0.2) is 30.3 Å². The van der Waals surface area contributed by atoms with Crippen molar-refractivity contribution in [2.75, 3.05) is 13.2 Å². The second kappa shape index (κ2) is 5.32. The SMILES string of the molecule is CCC1COC(C)CN1C(=O)c1ccccc1. The number of carbonyl (C=O) groups excluding carboxylic acids is 1. The van der Waals surface area contributed by atoms with Gasteiger partial charge in [0.15, 0.2) is 0 Å². The van der Waals surface area contributed by atoms with Crippen molar-refractivity contribution in [2.24, 2.45) is 0 Å². The molecule has 2 atom stereocenters. The van der Waals surface area contributed by atoms with Crippen molar-refractivity contribution in [3.8, 4) is 0 Å². The lowest BCUT2D eigenvalue weighted by Gasteiger charge is -2.38. The molecule has 0 aromatic heterocycles. The first-order chi connectivity index (χ1) is 8.22. The summed E-state index contributed by atoms with van der Waals surface area (Å²) >= 11 is 0. The Bertz CT molecular complexity index is 377. The molecule has 0 aliphatic carbocycles. The van der Waals surface area contributed by atoms with Crippen molar-refractivity contribution in [1.82, 2.24) is 4.90 Å². The molecule has 1 fully saturated rings. The lowest BCUT2D eigenvalue weighted by molar-refractivity contribution is -0.0444. The van der Waals surface area contributed by atoms with Gasteiger partial charge in [-0.25, -0.2) is 0 Å². The zero-order chi connectivity index (χ0) is 12.3. The second-order valence-electron chi connectivity index (χ2n) is 4.53. The van der Waals surface area contributed by atoms with Crippen LogP contribution in [0.4, 0.5) is 0 Å². The highest BCUT2D eigenvalue weighted by Crippen LogP contribution is 2.17. The molecular formula is C14H19NO2. The Labute approximate surface area is 102 Å². The van der Waals surface area contributed by atoms with Crippen molar-refractivity contribution >= 4 is 5.91 Å². The van der Waals surface area contributed by atoms with Crippen LogP contribution in [0.3, 0.4) is 0 Å². The van der Waals surface area contributed by atoms with E-state index in [1.165, 1.54) is 0 Å². The van der Waals surface area contributed by atoms with Gasteiger partial charge in [-0.1, -0.05) is 25.1 Å². The molecule has 92 valence electrons. The number of ether oxygens (including phenoxy) is 1. The van der Waals surface area contributed by atoms with Gasteiger partial charge in [0, 0.05) is 12.1 Å². The minimum absolute atomic E-state index is 0.118. The second-order valence-corrected chi connectivity index (χ2v) is 4.53. The van der Waals surface area contributed by atoms with Crippen LogP contribution in [0.25, 0.3) is 0 Å². The van der Waals surface area contributed by atoms with E-state index in [2.05, 4.69) is 6.92 Å². The van der Waals surface area contributed by atoms with Crippen LogP contribution in [0.5, 0.6) is 0 Å². The topological polar surface area (TPSA) is 29.5 Å². The molecule has 2 unspecified atom stereocenters. The van der Waals surface area contributed by atoms with E-state index in [4.69, 9.17) is 4.74 Å². The fraction of sp³-hybridized carbons (Fsp3) is 0.500. The quantitative estimate of drug-likeness (QED) is 0.784. The third kappa shape index (κ3) is 2.67. The maximum Gasteiger partial charge on any atom is 0.254 e. The van der Waals surface area contributed by atoms with Crippen LogP contribution in [0.1, 0.15) is 30.6 Å². The lowest BCUT2D eigenvalue weighted by atomic mass is 10.1. The first-order valence-corrected chi connectivity index (χ1v) is 6.20. The first kappa shape index (κ1) is 12.1. The summed E-state index contributed by atoms with van der Waals surface area (Å²) in [5.74, 6) is 0.118. The number of hydrogen-bond acceptors (Lipinski definition) is 2. The summed E-state index contributed by atoms with van der Waals surface area (Å²) in [6.45, 7) is 5.44. The standard InChI is InChI=1S/C14H19NO2/c1-3-13-10-17-11(2)9-15(13)14(16)12-7-5-4-6-8-12/h4-8,11,13H,3,9-10H2,1-2H3. The molecule has 1 aromatic rings. The van der Waals surface area contributed by atoms with Gasteiger partial charge in [-0.2, -0.15) is 0 Å². The third-order valence-electron chi connectivity index (χ3n) is 3.22. The Morgan fingerprint density at radius 2 is 2.12 bits per heavy atom. The predicted octanol–water partition coefficient (Wildman–Crippen LogP) is 2.33. The molecule has 3 nitrogen and oxygen atoms in total. The molecule has 17 heavy (non-hydrogen) atoms. The van der Waals surface area contributed by atoms with Gasteiger partial charge in [0.25, 0.3) is 5.91 Å². The van der Waals surface area contributed by atoms with Crippen LogP contribution >= 0.6 is 0 Å². The number of amides is 1. The fourth-order valence-corrected chi connectivity index (χ4v) is 2.18. The van der Waals surface area contributed by atoms with Crippen molar-refractivity contribution in [3.05, 3.63) is 35.9 Å². The van der Waals surface area contributed by atoms with E-state index in [0.29, 0.717) is 13.2 Å². The smallest absolute Gasteiger partial charge is 0.254 e. The molecule has 1 heterocycles. The van der Waals surface area contributed by atoms with E-state index in [1.54, 1.807) is 0 Å². The summed E-state index contributed by atoms with van der Waals surface area (Å²) in [5, 5.41) is 0. The minimum Gasteiger partial charge on any atom is -0.375 e. The molecule has 3 heteroatoms. The summed E-state index contributed by atoms with van der Waals surface area (Å²) < 4.78 is 5.60. The normalized spacial score (nSPS) is 24.7. The number of benzene rings is 1.